The van der Waals surface area contributed by atoms with Gasteiger partial charge >= 0.3 is 11.9 Å². The second-order valence-corrected chi connectivity index (χ2v) is 7.57. The molecule has 28 heavy (non-hydrogen) atoms. The third-order valence-corrected chi connectivity index (χ3v) is 5.47. The molecule has 8 nitrogen and oxygen atoms in total. The smallest absolute Gasteiger partial charge is 0.338 e. The normalized spacial score (nSPS) is 21.2. The lowest BCUT2D eigenvalue weighted by Gasteiger charge is -2.33. The number of rotatable bonds is 4. The Labute approximate surface area is 166 Å². The van der Waals surface area contributed by atoms with Gasteiger partial charge in [-0.05, 0) is 31.5 Å². The molecule has 0 radical (unpaired) electrons. The van der Waals surface area contributed by atoms with Gasteiger partial charge in [0.05, 0.1) is 36.8 Å². The van der Waals surface area contributed by atoms with Crippen LogP contribution in [0.3, 0.4) is 0 Å². The fourth-order valence-electron chi connectivity index (χ4n) is 3.18. The molecule has 0 spiro atoms. The Kier molecular flexibility index (Phi) is 5.46. The van der Waals surface area contributed by atoms with Gasteiger partial charge in [-0.15, -0.1) is 0 Å². The summed E-state index contributed by atoms with van der Waals surface area (Å²) in [5.41, 5.74) is 1.38. The van der Waals surface area contributed by atoms with Crippen LogP contribution in [0.15, 0.2) is 34.5 Å². The number of amidine groups is 1. The quantitative estimate of drug-likeness (QED) is 0.562. The predicted octanol–water partition coefficient (Wildman–Crippen LogP) is 2.44. The highest BCUT2D eigenvalue weighted by Crippen LogP contribution is 2.44. The van der Waals surface area contributed by atoms with Gasteiger partial charge in [-0.2, -0.15) is 0 Å². The number of fused-ring (bicyclic) bond motifs is 1. The number of carbonyl (C=O) groups excluding carboxylic acids is 3. The maximum Gasteiger partial charge on any atom is 0.338 e. The molecule has 1 amide bonds. The molecular weight excluding hydrogens is 384 g/mol. The molecule has 2 aliphatic heterocycles. The van der Waals surface area contributed by atoms with E-state index in [1.165, 1.54) is 37.8 Å². The lowest BCUT2D eigenvalue weighted by molar-refractivity contribution is -0.137. The summed E-state index contributed by atoms with van der Waals surface area (Å²) >= 11 is 1.34. The number of hydrogen-bond donors (Lipinski definition) is 0. The zero-order valence-electron chi connectivity index (χ0n) is 16.1. The molecule has 0 bridgehead atoms. The number of nitrogens with zero attached hydrogens (tertiary/aromatic N) is 2. The van der Waals surface area contributed by atoms with Crippen molar-refractivity contribution in [1.82, 2.24) is 4.90 Å². The van der Waals surface area contributed by atoms with Crippen molar-refractivity contribution >= 4 is 34.8 Å². The Bertz CT molecular complexity index is 923. The molecule has 2 heterocycles. The average molecular weight is 404 g/mol. The highest BCUT2D eigenvalue weighted by atomic mass is 32.2. The van der Waals surface area contributed by atoms with Gasteiger partial charge in [-0.3, -0.25) is 14.5 Å². The molecule has 0 aliphatic carbocycles. The van der Waals surface area contributed by atoms with E-state index in [4.69, 9.17) is 14.2 Å². The van der Waals surface area contributed by atoms with Crippen molar-refractivity contribution in [3.63, 3.8) is 0 Å². The van der Waals surface area contributed by atoms with Gasteiger partial charge in [-0.1, -0.05) is 17.8 Å². The summed E-state index contributed by atoms with van der Waals surface area (Å²) in [6, 6.07) is 4.18. The molecule has 3 rings (SSSR count). The average Bonchev–Trinajstić information content (AvgIpc) is 2.93. The number of allylic oxidation sites excluding steroid dienone is 1. The van der Waals surface area contributed by atoms with Gasteiger partial charge in [0.15, 0.2) is 16.7 Å². The molecule has 9 heteroatoms. The number of hydrogen-bond acceptors (Lipinski definition) is 8. The summed E-state index contributed by atoms with van der Waals surface area (Å²) < 4.78 is 15.4. The first-order chi connectivity index (χ1) is 13.3. The second-order valence-electron chi connectivity index (χ2n) is 6.26. The van der Waals surface area contributed by atoms with Crippen LogP contribution in [-0.4, -0.2) is 47.4 Å². The molecule has 2 aliphatic rings. The maximum atomic E-state index is 12.8. The van der Waals surface area contributed by atoms with Crippen LogP contribution >= 0.6 is 11.8 Å². The van der Waals surface area contributed by atoms with Crippen molar-refractivity contribution in [3.05, 3.63) is 35.0 Å². The molecule has 1 aromatic carbocycles. The molecule has 1 fully saturated rings. The summed E-state index contributed by atoms with van der Waals surface area (Å²) in [7, 11) is 2.73. The van der Waals surface area contributed by atoms with Crippen LogP contribution in [0.2, 0.25) is 0 Å². The molecule has 2 atom stereocenters. The number of carbonyl (C=O) groups is 3. The van der Waals surface area contributed by atoms with Gasteiger partial charge in [0.2, 0.25) is 5.91 Å². The number of aliphatic imine (C=N–C) groups is 1. The van der Waals surface area contributed by atoms with Crippen molar-refractivity contribution in [2.75, 3.05) is 14.2 Å². The van der Waals surface area contributed by atoms with Gasteiger partial charge < -0.3 is 14.2 Å². The fraction of sp³-hybridized carbons (Fsp3) is 0.368. The van der Waals surface area contributed by atoms with E-state index in [0.717, 1.165) is 0 Å². The van der Waals surface area contributed by atoms with Gasteiger partial charge in [-0.25, -0.2) is 9.79 Å². The third kappa shape index (κ3) is 3.37. The molecule has 1 aromatic rings. The van der Waals surface area contributed by atoms with Crippen LogP contribution in [0.25, 0.3) is 0 Å². The SMILES string of the molecule is COC(=O)C1=C(C)N=C2S[C@H](C)C(=O)N2[C@H]1c1ccc(OC(C)=O)c(OC)c1. The Morgan fingerprint density at radius 2 is 1.93 bits per heavy atom. The van der Waals surface area contributed by atoms with Crippen molar-refractivity contribution in [2.45, 2.75) is 32.1 Å². The third-order valence-electron chi connectivity index (χ3n) is 4.42. The first-order valence-electron chi connectivity index (χ1n) is 8.52. The van der Waals surface area contributed by atoms with E-state index in [0.29, 0.717) is 22.2 Å². The highest BCUT2D eigenvalue weighted by molar-refractivity contribution is 8.15. The van der Waals surface area contributed by atoms with Gasteiger partial charge in [0.25, 0.3) is 0 Å². The lowest BCUT2D eigenvalue weighted by atomic mass is 9.94. The Hall–Kier alpha value is -2.81. The lowest BCUT2D eigenvalue weighted by Crippen LogP contribution is -2.40. The molecule has 0 saturated carbocycles. The zero-order valence-corrected chi connectivity index (χ0v) is 17.0. The van der Waals surface area contributed by atoms with E-state index in [-0.39, 0.29) is 22.5 Å². The predicted molar refractivity (Wildman–Crippen MR) is 103 cm³/mol. The van der Waals surface area contributed by atoms with E-state index < -0.39 is 18.0 Å². The van der Waals surface area contributed by atoms with E-state index in [1.54, 1.807) is 32.0 Å². The minimum absolute atomic E-state index is 0.148. The number of thioether (sulfide) groups is 1. The Morgan fingerprint density at radius 3 is 2.54 bits per heavy atom. The topological polar surface area (TPSA) is 94.5 Å². The number of ether oxygens (including phenoxy) is 3. The van der Waals surface area contributed by atoms with Crippen LogP contribution in [0.1, 0.15) is 32.4 Å². The fourth-order valence-corrected chi connectivity index (χ4v) is 4.21. The minimum atomic E-state index is -0.717. The van der Waals surface area contributed by atoms with Crippen LogP contribution < -0.4 is 9.47 Å². The van der Waals surface area contributed by atoms with E-state index >= 15 is 0 Å². The second kappa shape index (κ2) is 7.67. The summed E-state index contributed by atoms with van der Waals surface area (Å²) in [5.74, 6) is -0.634. The summed E-state index contributed by atoms with van der Waals surface area (Å²) in [5, 5.41) is 0.226. The Balaban J connectivity index is 2.15. The Morgan fingerprint density at radius 1 is 1.21 bits per heavy atom. The van der Waals surface area contributed by atoms with Crippen molar-refractivity contribution in [2.24, 2.45) is 4.99 Å². The van der Waals surface area contributed by atoms with Crippen molar-refractivity contribution in [3.8, 4) is 11.5 Å². The van der Waals surface area contributed by atoms with Gasteiger partial charge in [0, 0.05) is 6.92 Å². The van der Waals surface area contributed by atoms with E-state index in [1.807, 2.05) is 0 Å². The molecule has 0 aromatic heterocycles. The largest absolute Gasteiger partial charge is 0.493 e. The van der Waals surface area contributed by atoms with Crippen LogP contribution in [0.5, 0.6) is 11.5 Å². The first-order valence-corrected chi connectivity index (χ1v) is 9.40. The first kappa shape index (κ1) is 19.9. The molecule has 0 N–H and O–H groups in total. The minimum Gasteiger partial charge on any atom is -0.493 e. The molecule has 0 unspecified atom stereocenters. The number of esters is 2. The van der Waals surface area contributed by atoms with Crippen LogP contribution in [0, 0.1) is 0 Å². The van der Waals surface area contributed by atoms with Crippen molar-refractivity contribution < 1.29 is 28.6 Å². The summed E-state index contributed by atoms with van der Waals surface area (Å²) in [4.78, 5) is 42.6. The maximum absolute atomic E-state index is 12.8. The van der Waals surface area contributed by atoms with Crippen LogP contribution in [-0.2, 0) is 19.1 Å². The highest BCUT2D eigenvalue weighted by Gasteiger charge is 2.46. The molecule has 1 saturated heterocycles. The van der Waals surface area contributed by atoms with E-state index in [2.05, 4.69) is 4.99 Å². The van der Waals surface area contributed by atoms with E-state index in [9.17, 15) is 14.4 Å². The number of amides is 1. The summed E-state index contributed by atoms with van der Waals surface area (Å²) in [6.07, 6.45) is 0. The van der Waals surface area contributed by atoms with Crippen LogP contribution in [0.4, 0.5) is 0 Å². The molecular formula is C19H20N2O6S. The summed E-state index contributed by atoms with van der Waals surface area (Å²) in [6.45, 7) is 4.80. The molecule has 148 valence electrons. The zero-order chi connectivity index (χ0) is 20.6. The monoisotopic (exact) mass is 404 g/mol. The number of methoxy groups -OCH3 is 2. The standard InChI is InChI=1S/C19H20N2O6S/c1-9-15(18(24)26-5)16(21-17(23)10(2)28-19(21)20-9)12-6-7-13(27-11(3)22)14(8-12)25-4/h6-8,10,16H,1-5H3/t10-,16+/m1/s1. The number of benzene rings is 1. The van der Waals surface area contributed by atoms with Crippen molar-refractivity contribution in [1.29, 1.82) is 0 Å². The van der Waals surface area contributed by atoms with Gasteiger partial charge in [0.1, 0.15) is 0 Å².